The second-order valence-corrected chi connectivity index (χ2v) is 4.84. The van der Waals surface area contributed by atoms with Gasteiger partial charge in [0.1, 0.15) is 5.41 Å². The molecule has 2 aromatic rings. The summed E-state index contributed by atoms with van der Waals surface area (Å²) in [5, 5.41) is 9.52. The first-order valence-electron chi connectivity index (χ1n) is 6.18. The van der Waals surface area contributed by atoms with Crippen molar-refractivity contribution in [3.8, 4) is 0 Å². The molecule has 92 valence electrons. The molecule has 0 amide bonds. The third kappa shape index (κ3) is 1.56. The summed E-state index contributed by atoms with van der Waals surface area (Å²) in [5.41, 5.74) is 1.35. The Bertz CT molecular complexity index is 604. The van der Waals surface area contributed by atoms with Crippen LogP contribution in [0.15, 0.2) is 30.5 Å². The van der Waals surface area contributed by atoms with Crippen LogP contribution in [0.25, 0.3) is 11.0 Å². The number of nitrogens with zero attached hydrogens (tertiary/aromatic N) is 2. The predicted molar refractivity (Wildman–Crippen MR) is 67.3 cm³/mol. The molecule has 0 aliphatic heterocycles. The number of hydrogen-bond donors (Lipinski definition) is 1. The minimum absolute atomic E-state index is 0.603. The van der Waals surface area contributed by atoms with Gasteiger partial charge in [-0.25, -0.2) is 4.98 Å². The van der Waals surface area contributed by atoms with Crippen LogP contribution in [0.5, 0.6) is 0 Å². The van der Waals surface area contributed by atoms with Gasteiger partial charge in [-0.2, -0.15) is 0 Å². The van der Waals surface area contributed by atoms with Gasteiger partial charge in [0, 0.05) is 0 Å². The van der Waals surface area contributed by atoms with E-state index in [-0.39, 0.29) is 0 Å². The molecular formula is C14H14N2O2. The molecule has 1 N–H and O–H groups in total. The fourth-order valence-corrected chi connectivity index (χ4v) is 2.75. The van der Waals surface area contributed by atoms with E-state index in [1.54, 1.807) is 6.20 Å². The van der Waals surface area contributed by atoms with E-state index in [2.05, 4.69) is 9.97 Å². The summed E-state index contributed by atoms with van der Waals surface area (Å²) in [6.07, 6.45) is 4.84. The van der Waals surface area contributed by atoms with Crippen molar-refractivity contribution in [3.05, 3.63) is 36.2 Å². The van der Waals surface area contributed by atoms with Crippen molar-refractivity contribution in [1.82, 2.24) is 9.97 Å². The van der Waals surface area contributed by atoms with Gasteiger partial charge in [0.25, 0.3) is 0 Å². The van der Waals surface area contributed by atoms with Gasteiger partial charge in [0.05, 0.1) is 22.9 Å². The molecule has 1 fully saturated rings. The highest BCUT2D eigenvalue weighted by Gasteiger charge is 2.44. The summed E-state index contributed by atoms with van der Waals surface area (Å²) in [4.78, 5) is 20.4. The Morgan fingerprint density at radius 1 is 1.17 bits per heavy atom. The Hall–Kier alpha value is -1.97. The topological polar surface area (TPSA) is 63.1 Å². The van der Waals surface area contributed by atoms with Crippen molar-refractivity contribution in [2.45, 2.75) is 31.1 Å². The molecule has 4 heteroatoms. The maximum atomic E-state index is 11.6. The van der Waals surface area contributed by atoms with E-state index in [1.165, 1.54) is 0 Å². The minimum Gasteiger partial charge on any atom is -0.481 e. The maximum absolute atomic E-state index is 11.6. The fourth-order valence-electron chi connectivity index (χ4n) is 2.75. The number of fused-ring (bicyclic) bond motifs is 1. The van der Waals surface area contributed by atoms with Gasteiger partial charge in [0.2, 0.25) is 0 Å². The van der Waals surface area contributed by atoms with E-state index in [4.69, 9.17) is 0 Å². The molecule has 1 aromatic heterocycles. The first-order valence-corrected chi connectivity index (χ1v) is 6.18. The number of benzene rings is 1. The molecule has 0 saturated heterocycles. The van der Waals surface area contributed by atoms with E-state index in [1.807, 2.05) is 24.3 Å². The van der Waals surface area contributed by atoms with E-state index in [9.17, 15) is 9.90 Å². The number of aromatic nitrogens is 2. The van der Waals surface area contributed by atoms with Crippen molar-refractivity contribution in [3.63, 3.8) is 0 Å². The predicted octanol–water partition coefficient (Wildman–Crippen LogP) is 2.53. The van der Waals surface area contributed by atoms with E-state index in [0.29, 0.717) is 18.5 Å². The molecule has 0 bridgehead atoms. The zero-order valence-corrected chi connectivity index (χ0v) is 9.97. The number of carbonyl (C=O) groups is 1. The number of carboxylic acids is 1. The highest BCUT2D eigenvalue weighted by atomic mass is 16.4. The Kier molecular flexibility index (Phi) is 2.51. The Morgan fingerprint density at radius 3 is 2.50 bits per heavy atom. The third-order valence-electron chi connectivity index (χ3n) is 3.81. The molecule has 0 atom stereocenters. The summed E-state index contributed by atoms with van der Waals surface area (Å²) in [6.45, 7) is 0. The Labute approximate surface area is 105 Å². The highest BCUT2D eigenvalue weighted by molar-refractivity contribution is 5.82. The molecule has 0 radical (unpaired) electrons. The van der Waals surface area contributed by atoms with Crippen LogP contribution in [0.1, 0.15) is 31.4 Å². The Balaban J connectivity index is 2.15. The van der Waals surface area contributed by atoms with Gasteiger partial charge in [-0.05, 0) is 25.0 Å². The lowest BCUT2D eigenvalue weighted by molar-refractivity contribution is -0.143. The first kappa shape index (κ1) is 11.1. The average Bonchev–Trinajstić information content (AvgIpc) is 2.89. The smallest absolute Gasteiger partial charge is 0.315 e. The van der Waals surface area contributed by atoms with Crippen LogP contribution in [0.2, 0.25) is 0 Å². The molecule has 0 spiro atoms. The molecule has 3 rings (SSSR count). The van der Waals surface area contributed by atoms with Gasteiger partial charge in [-0.15, -0.1) is 0 Å². The molecule has 18 heavy (non-hydrogen) atoms. The van der Waals surface area contributed by atoms with Crippen LogP contribution < -0.4 is 0 Å². The monoisotopic (exact) mass is 242 g/mol. The number of aliphatic carboxylic acids is 1. The Morgan fingerprint density at radius 2 is 1.83 bits per heavy atom. The number of carboxylic acid groups (broad SMARTS) is 1. The molecular weight excluding hydrogens is 228 g/mol. The maximum Gasteiger partial charge on any atom is 0.315 e. The van der Waals surface area contributed by atoms with Crippen molar-refractivity contribution in [2.75, 3.05) is 0 Å². The van der Waals surface area contributed by atoms with Crippen LogP contribution >= 0.6 is 0 Å². The normalized spacial score (nSPS) is 18.0. The van der Waals surface area contributed by atoms with E-state index in [0.717, 1.165) is 23.9 Å². The second kappa shape index (κ2) is 4.05. The lowest BCUT2D eigenvalue weighted by Gasteiger charge is -2.22. The van der Waals surface area contributed by atoms with Crippen LogP contribution in [0.3, 0.4) is 0 Å². The van der Waals surface area contributed by atoms with Gasteiger partial charge in [-0.1, -0.05) is 25.0 Å². The standard InChI is InChI=1S/C14H14N2O2/c17-13(18)14(7-3-4-8-14)12-9-15-10-5-1-2-6-11(10)16-12/h1-2,5-6,9H,3-4,7-8H2,(H,17,18). The van der Waals surface area contributed by atoms with Crippen LogP contribution in [0, 0.1) is 0 Å². The van der Waals surface area contributed by atoms with Crippen molar-refractivity contribution >= 4 is 17.0 Å². The molecule has 1 aromatic carbocycles. The van der Waals surface area contributed by atoms with Gasteiger partial charge in [-0.3, -0.25) is 9.78 Å². The average molecular weight is 242 g/mol. The van der Waals surface area contributed by atoms with E-state index < -0.39 is 11.4 Å². The number of hydrogen-bond acceptors (Lipinski definition) is 3. The lowest BCUT2D eigenvalue weighted by atomic mass is 9.83. The zero-order valence-electron chi connectivity index (χ0n) is 9.97. The first-order chi connectivity index (χ1) is 8.72. The lowest BCUT2D eigenvalue weighted by Crippen LogP contribution is -2.33. The van der Waals surface area contributed by atoms with Gasteiger partial charge >= 0.3 is 5.97 Å². The van der Waals surface area contributed by atoms with Gasteiger partial charge < -0.3 is 5.11 Å². The second-order valence-electron chi connectivity index (χ2n) is 4.84. The fraction of sp³-hybridized carbons (Fsp3) is 0.357. The van der Waals surface area contributed by atoms with Crippen LogP contribution in [-0.2, 0) is 10.2 Å². The molecule has 1 aliphatic rings. The van der Waals surface area contributed by atoms with Crippen LogP contribution in [0.4, 0.5) is 0 Å². The zero-order chi connectivity index (χ0) is 12.6. The summed E-state index contributed by atoms with van der Waals surface area (Å²) < 4.78 is 0. The summed E-state index contributed by atoms with van der Waals surface area (Å²) in [7, 11) is 0. The molecule has 1 saturated carbocycles. The quantitative estimate of drug-likeness (QED) is 0.878. The van der Waals surface area contributed by atoms with Crippen LogP contribution in [-0.4, -0.2) is 21.0 Å². The number of para-hydroxylation sites is 2. The largest absolute Gasteiger partial charge is 0.481 e. The third-order valence-corrected chi connectivity index (χ3v) is 3.81. The molecule has 1 heterocycles. The van der Waals surface area contributed by atoms with Crippen molar-refractivity contribution < 1.29 is 9.90 Å². The van der Waals surface area contributed by atoms with Crippen molar-refractivity contribution in [1.29, 1.82) is 0 Å². The highest BCUT2D eigenvalue weighted by Crippen LogP contribution is 2.40. The minimum atomic E-state index is -0.822. The van der Waals surface area contributed by atoms with Crippen molar-refractivity contribution in [2.24, 2.45) is 0 Å². The summed E-state index contributed by atoms with van der Waals surface area (Å²) in [5.74, 6) is -0.774. The van der Waals surface area contributed by atoms with E-state index >= 15 is 0 Å². The SMILES string of the molecule is O=C(O)C1(c2cnc3ccccc3n2)CCCC1. The summed E-state index contributed by atoms with van der Waals surface area (Å²) >= 11 is 0. The molecule has 1 aliphatic carbocycles. The molecule has 4 nitrogen and oxygen atoms in total. The molecule has 0 unspecified atom stereocenters. The number of rotatable bonds is 2. The van der Waals surface area contributed by atoms with Gasteiger partial charge in [0.15, 0.2) is 0 Å². The summed E-state index contributed by atoms with van der Waals surface area (Å²) in [6, 6.07) is 7.55.